The maximum absolute atomic E-state index is 5.52. The first kappa shape index (κ1) is 23.7. The van der Waals surface area contributed by atoms with Crippen LogP contribution in [-0.4, -0.2) is 13.7 Å². The van der Waals surface area contributed by atoms with Crippen LogP contribution in [0.1, 0.15) is 78.4 Å². The van der Waals surface area contributed by atoms with E-state index in [1.54, 1.807) is 5.56 Å². The van der Waals surface area contributed by atoms with Crippen LogP contribution in [0.3, 0.4) is 0 Å². The smallest absolute Gasteiger partial charge is 0.0493 e. The van der Waals surface area contributed by atoms with E-state index in [9.17, 15) is 0 Å². The van der Waals surface area contributed by atoms with Crippen LogP contribution in [0.25, 0.3) is 10.8 Å². The van der Waals surface area contributed by atoms with E-state index in [4.69, 9.17) is 4.74 Å². The topological polar surface area (TPSA) is 9.23 Å². The molecule has 0 amide bonds. The molecule has 1 saturated carbocycles. The molecule has 0 aliphatic heterocycles. The maximum Gasteiger partial charge on any atom is 0.0493 e. The number of ether oxygens (including phenoxy) is 1. The van der Waals surface area contributed by atoms with Crippen molar-refractivity contribution in [1.82, 2.24) is 0 Å². The van der Waals surface area contributed by atoms with Crippen molar-refractivity contribution in [3.63, 3.8) is 0 Å². The van der Waals surface area contributed by atoms with Gasteiger partial charge in [-0.15, -0.1) is 0 Å². The Morgan fingerprint density at radius 1 is 0.963 bits per heavy atom. The minimum Gasteiger partial charge on any atom is -0.384 e. The molecule has 0 radical (unpaired) electrons. The Bertz CT molecular complexity index is 660. The molecule has 27 heavy (non-hydrogen) atoms. The Labute approximate surface area is 168 Å². The van der Waals surface area contributed by atoms with Crippen molar-refractivity contribution < 1.29 is 4.74 Å². The molecule has 152 valence electrons. The third-order valence-corrected chi connectivity index (χ3v) is 6.11. The first-order chi connectivity index (χ1) is 13.2. The minimum atomic E-state index is 0.680. The van der Waals surface area contributed by atoms with E-state index in [-0.39, 0.29) is 0 Å². The normalized spacial score (nSPS) is 24.0. The Morgan fingerprint density at radius 2 is 1.56 bits per heavy atom. The highest BCUT2D eigenvalue weighted by Gasteiger charge is 2.40. The SMILES string of the molecule is CC.CC.CCc1cc2ccccc2cc1[C@@H]1C[C@H](COC)C(CC)C1C. The summed E-state index contributed by atoms with van der Waals surface area (Å²) >= 11 is 0. The Hall–Kier alpha value is -1.34. The fourth-order valence-electron chi connectivity index (χ4n) is 4.92. The molecule has 4 atom stereocenters. The van der Waals surface area contributed by atoms with Crippen molar-refractivity contribution in [3.8, 4) is 0 Å². The van der Waals surface area contributed by atoms with Crippen molar-refractivity contribution in [1.29, 1.82) is 0 Å². The molecule has 2 aromatic carbocycles. The number of benzene rings is 2. The average Bonchev–Trinajstić information content (AvgIpc) is 3.05. The summed E-state index contributed by atoms with van der Waals surface area (Å²) in [5.41, 5.74) is 3.13. The standard InChI is InChI=1S/C22H30O.2C2H6/c1-5-16-11-17-9-7-8-10-18(17)12-22(16)21-13-19(14-23-4)20(6-2)15(21)3;2*1-2/h7-12,15,19-21H,5-6,13-14H2,1-4H3;2*1-2H3/t15?,19-,20?,21-;;/m1../s1. The van der Waals surface area contributed by atoms with Crippen LogP contribution in [0.2, 0.25) is 0 Å². The van der Waals surface area contributed by atoms with Crippen LogP contribution >= 0.6 is 0 Å². The van der Waals surface area contributed by atoms with Gasteiger partial charge in [0.05, 0.1) is 0 Å². The molecule has 1 heteroatoms. The van der Waals surface area contributed by atoms with Crippen LogP contribution in [-0.2, 0) is 11.2 Å². The van der Waals surface area contributed by atoms with Crippen LogP contribution in [0.5, 0.6) is 0 Å². The lowest BCUT2D eigenvalue weighted by Crippen LogP contribution is -2.17. The molecule has 3 rings (SSSR count). The van der Waals surface area contributed by atoms with E-state index in [2.05, 4.69) is 57.2 Å². The van der Waals surface area contributed by atoms with Gasteiger partial charge in [-0.1, -0.05) is 91.3 Å². The number of hydrogen-bond acceptors (Lipinski definition) is 1. The molecule has 0 heterocycles. The first-order valence-corrected chi connectivity index (χ1v) is 11.2. The lowest BCUT2D eigenvalue weighted by Gasteiger charge is -2.24. The van der Waals surface area contributed by atoms with Crippen LogP contribution < -0.4 is 0 Å². The first-order valence-electron chi connectivity index (χ1n) is 11.2. The summed E-state index contributed by atoms with van der Waals surface area (Å²) in [4.78, 5) is 0. The van der Waals surface area contributed by atoms with Gasteiger partial charge in [0.25, 0.3) is 0 Å². The maximum atomic E-state index is 5.52. The highest BCUT2D eigenvalue weighted by Crippen LogP contribution is 2.49. The number of methoxy groups -OCH3 is 1. The van der Waals surface area contributed by atoms with Gasteiger partial charge in [-0.05, 0) is 58.4 Å². The molecular formula is C26H42O. The van der Waals surface area contributed by atoms with Gasteiger partial charge in [-0.25, -0.2) is 0 Å². The average molecular weight is 371 g/mol. The van der Waals surface area contributed by atoms with E-state index < -0.39 is 0 Å². The summed E-state index contributed by atoms with van der Waals surface area (Å²) in [6.45, 7) is 16.0. The van der Waals surface area contributed by atoms with E-state index >= 15 is 0 Å². The molecule has 0 spiro atoms. The zero-order valence-electron chi connectivity index (χ0n) is 19.0. The second kappa shape index (κ2) is 12.2. The predicted octanol–water partition coefficient (Wildman–Crippen LogP) is 7.87. The molecule has 2 aromatic rings. The monoisotopic (exact) mass is 370 g/mol. The van der Waals surface area contributed by atoms with Crippen molar-refractivity contribution in [3.05, 3.63) is 47.5 Å². The summed E-state index contributed by atoms with van der Waals surface area (Å²) in [6, 6.07) is 13.7. The Balaban J connectivity index is 0.000000855. The zero-order chi connectivity index (χ0) is 20.4. The molecule has 0 N–H and O–H groups in total. The predicted molar refractivity (Wildman–Crippen MR) is 122 cm³/mol. The lowest BCUT2D eigenvalue weighted by atomic mass is 9.81. The highest BCUT2D eigenvalue weighted by molar-refractivity contribution is 5.84. The van der Waals surface area contributed by atoms with Crippen molar-refractivity contribution in [2.24, 2.45) is 17.8 Å². The molecule has 0 aromatic heterocycles. The van der Waals surface area contributed by atoms with Gasteiger partial charge in [0.2, 0.25) is 0 Å². The van der Waals surface area contributed by atoms with Crippen LogP contribution in [0.15, 0.2) is 36.4 Å². The molecule has 0 bridgehead atoms. The van der Waals surface area contributed by atoms with Gasteiger partial charge in [0.15, 0.2) is 0 Å². The van der Waals surface area contributed by atoms with Crippen LogP contribution in [0, 0.1) is 17.8 Å². The van der Waals surface area contributed by atoms with Gasteiger partial charge < -0.3 is 4.74 Å². The quantitative estimate of drug-likeness (QED) is 0.520. The number of aryl methyl sites for hydroxylation is 1. The van der Waals surface area contributed by atoms with Gasteiger partial charge in [0, 0.05) is 13.7 Å². The zero-order valence-corrected chi connectivity index (χ0v) is 19.0. The van der Waals surface area contributed by atoms with Gasteiger partial charge in [-0.3, -0.25) is 0 Å². The van der Waals surface area contributed by atoms with E-state index in [0.29, 0.717) is 11.8 Å². The molecule has 1 fully saturated rings. The largest absolute Gasteiger partial charge is 0.384 e. The Morgan fingerprint density at radius 3 is 2.07 bits per heavy atom. The van der Waals surface area contributed by atoms with Crippen LogP contribution in [0.4, 0.5) is 0 Å². The lowest BCUT2D eigenvalue weighted by molar-refractivity contribution is 0.124. The summed E-state index contributed by atoms with van der Waals surface area (Å²) in [5, 5.41) is 2.76. The second-order valence-corrected chi connectivity index (χ2v) is 7.24. The van der Waals surface area contributed by atoms with Gasteiger partial charge >= 0.3 is 0 Å². The van der Waals surface area contributed by atoms with E-state index in [1.807, 2.05) is 34.8 Å². The van der Waals surface area contributed by atoms with Crippen molar-refractivity contribution >= 4 is 10.8 Å². The van der Waals surface area contributed by atoms with E-state index in [1.165, 1.54) is 29.2 Å². The molecule has 0 saturated heterocycles. The molecule has 1 aliphatic rings. The second-order valence-electron chi connectivity index (χ2n) is 7.24. The van der Waals surface area contributed by atoms with Gasteiger partial charge in [-0.2, -0.15) is 0 Å². The van der Waals surface area contributed by atoms with Crippen molar-refractivity contribution in [2.75, 3.05) is 13.7 Å². The highest BCUT2D eigenvalue weighted by atomic mass is 16.5. The molecule has 1 nitrogen and oxygen atoms in total. The number of rotatable bonds is 5. The Kier molecular flexibility index (Phi) is 10.7. The third-order valence-electron chi connectivity index (χ3n) is 6.11. The minimum absolute atomic E-state index is 0.680. The summed E-state index contributed by atoms with van der Waals surface area (Å²) in [7, 11) is 1.85. The summed E-state index contributed by atoms with van der Waals surface area (Å²) in [6.07, 6.45) is 3.66. The third kappa shape index (κ3) is 5.35. The van der Waals surface area contributed by atoms with E-state index in [0.717, 1.165) is 24.9 Å². The van der Waals surface area contributed by atoms with Crippen molar-refractivity contribution in [2.45, 2.75) is 73.6 Å². The molecule has 1 aliphatic carbocycles. The molecular weight excluding hydrogens is 328 g/mol. The number of fused-ring (bicyclic) bond motifs is 1. The summed E-state index contributed by atoms with van der Waals surface area (Å²) in [5.74, 6) is 2.92. The number of hydrogen-bond donors (Lipinski definition) is 0. The molecule has 2 unspecified atom stereocenters. The fourth-order valence-corrected chi connectivity index (χ4v) is 4.92. The van der Waals surface area contributed by atoms with Gasteiger partial charge in [0.1, 0.15) is 0 Å². The fraction of sp³-hybridized carbons (Fsp3) is 0.615. The summed E-state index contributed by atoms with van der Waals surface area (Å²) < 4.78 is 5.52.